The van der Waals surface area contributed by atoms with Gasteiger partial charge in [0.25, 0.3) is 5.56 Å². The molecule has 0 saturated heterocycles. The zero-order valence-corrected chi connectivity index (χ0v) is 18.9. The summed E-state index contributed by atoms with van der Waals surface area (Å²) in [5, 5.41) is 9.53. The smallest absolute Gasteiger partial charge is 0.268 e. The highest BCUT2D eigenvalue weighted by Crippen LogP contribution is 2.27. The standard InChI is InChI=1S/C23H23N5O3S/c1-13-10-17(26-28(13)18-6-4-5-7-19(18)31-3)21-14(2)24-23-27(22(21)30)16(12-32-23)11-20(29)25-15-8-9-15/h4-7,10,12,15H,8-9,11H2,1-3H3,(H,25,29). The number of nitrogens with one attached hydrogen (secondary N) is 1. The minimum atomic E-state index is -0.215. The number of fused-ring (bicyclic) bond motifs is 1. The van der Waals surface area contributed by atoms with Gasteiger partial charge in [0.15, 0.2) is 4.96 Å². The Morgan fingerprint density at radius 2 is 2.06 bits per heavy atom. The minimum absolute atomic E-state index is 0.0717. The number of hydrogen-bond acceptors (Lipinski definition) is 6. The quantitative estimate of drug-likeness (QED) is 0.489. The first-order chi connectivity index (χ1) is 15.5. The summed E-state index contributed by atoms with van der Waals surface area (Å²) in [5.41, 5.74) is 3.66. The summed E-state index contributed by atoms with van der Waals surface area (Å²) >= 11 is 1.36. The van der Waals surface area contributed by atoms with Gasteiger partial charge >= 0.3 is 0 Å². The summed E-state index contributed by atoms with van der Waals surface area (Å²) in [5.74, 6) is 0.617. The lowest BCUT2D eigenvalue weighted by molar-refractivity contribution is -0.120. The number of hydrogen-bond donors (Lipinski definition) is 1. The van der Waals surface area contributed by atoms with E-state index < -0.39 is 0 Å². The summed E-state index contributed by atoms with van der Waals surface area (Å²) in [7, 11) is 1.62. The molecule has 9 heteroatoms. The highest BCUT2D eigenvalue weighted by atomic mass is 32.1. The molecule has 5 rings (SSSR count). The molecule has 4 aromatic rings. The van der Waals surface area contributed by atoms with Crippen molar-refractivity contribution >= 4 is 22.2 Å². The van der Waals surface area contributed by atoms with Gasteiger partial charge in [-0.2, -0.15) is 5.10 Å². The van der Waals surface area contributed by atoms with Crippen LogP contribution in [-0.2, 0) is 11.2 Å². The third kappa shape index (κ3) is 3.58. The van der Waals surface area contributed by atoms with Crippen molar-refractivity contribution in [1.29, 1.82) is 0 Å². The lowest BCUT2D eigenvalue weighted by Crippen LogP contribution is -2.29. The molecule has 1 saturated carbocycles. The van der Waals surface area contributed by atoms with E-state index in [-0.39, 0.29) is 23.9 Å². The number of para-hydroxylation sites is 2. The van der Waals surface area contributed by atoms with E-state index >= 15 is 0 Å². The summed E-state index contributed by atoms with van der Waals surface area (Å²) in [6, 6.07) is 9.75. The van der Waals surface area contributed by atoms with Gasteiger partial charge < -0.3 is 10.1 Å². The number of amides is 1. The van der Waals surface area contributed by atoms with Crippen LogP contribution in [-0.4, -0.2) is 38.2 Å². The largest absolute Gasteiger partial charge is 0.494 e. The van der Waals surface area contributed by atoms with Gasteiger partial charge in [0.1, 0.15) is 17.1 Å². The summed E-state index contributed by atoms with van der Waals surface area (Å²) < 4.78 is 8.78. The number of methoxy groups -OCH3 is 1. The van der Waals surface area contributed by atoms with Crippen molar-refractivity contribution in [2.45, 2.75) is 39.2 Å². The van der Waals surface area contributed by atoms with Crippen LogP contribution in [0.25, 0.3) is 21.9 Å². The lowest BCUT2D eigenvalue weighted by Gasteiger charge is -2.09. The molecular formula is C23H23N5O3S. The number of carbonyl (C=O) groups is 1. The maximum atomic E-state index is 13.6. The number of benzene rings is 1. The Morgan fingerprint density at radius 3 is 2.81 bits per heavy atom. The van der Waals surface area contributed by atoms with Crippen LogP contribution in [0, 0.1) is 13.8 Å². The van der Waals surface area contributed by atoms with Crippen LogP contribution in [0.4, 0.5) is 0 Å². The first kappa shape index (κ1) is 20.4. The maximum absolute atomic E-state index is 13.6. The number of ether oxygens (including phenoxy) is 1. The molecule has 1 aliphatic carbocycles. The maximum Gasteiger partial charge on any atom is 0.268 e. The van der Waals surface area contributed by atoms with Crippen molar-refractivity contribution in [3.05, 3.63) is 63.1 Å². The Bertz CT molecular complexity index is 1400. The van der Waals surface area contributed by atoms with E-state index in [0.717, 1.165) is 24.2 Å². The van der Waals surface area contributed by atoms with Gasteiger partial charge in [-0.25, -0.2) is 9.67 Å². The van der Waals surface area contributed by atoms with Crippen LogP contribution in [0.3, 0.4) is 0 Å². The topological polar surface area (TPSA) is 90.5 Å². The molecule has 0 bridgehead atoms. The van der Waals surface area contributed by atoms with Crippen LogP contribution < -0.4 is 15.6 Å². The molecule has 0 radical (unpaired) electrons. The first-order valence-corrected chi connectivity index (χ1v) is 11.3. The summed E-state index contributed by atoms with van der Waals surface area (Å²) in [4.78, 5) is 31.1. The monoisotopic (exact) mass is 449 g/mol. The van der Waals surface area contributed by atoms with Crippen molar-refractivity contribution in [2.75, 3.05) is 7.11 Å². The highest BCUT2D eigenvalue weighted by Gasteiger charge is 2.25. The van der Waals surface area contributed by atoms with Crippen LogP contribution in [0.5, 0.6) is 5.75 Å². The molecule has 3 aromatic heterocycles. The van der Waals surface area contributed by atoms with Crippen molar-refractivity contribution in [3.8, 4) is 22.7 Å². The second-order valence-electron chi connectivity index (χ2n) is 8.00. The summed E-state index contributed by atoms with van der Waals surface area (Å²) in [6.45, 7) is 3.74. The zero-order valence-electron chi connectivity index (χ0n) is 18.1. The Balaban J connectivity index is 1.59. The first-order valence-electron chi connectivity index (χ1n) is 10.5. The Labute approximate surface area is 188 Å². The van der Waals surface area contributed by atoms with Crippen LogP contribution in [0.15, 0.2) is 40.5 Å². The molecule has 0 unspecified atom stereocenters. The van der Waals surface area contributed by atoms with E-state index in [4.69, 9.17) is 9.84 Å². The Hall–Kier alpha value is -3.46. The van der Waals surface area contributed by atoms with Crippen LogP contribution in [0.2, 0.25) is 0 Å². The van der Waals surface area contributed by atoms with E-state index in [2.05, 4.69) is 10.3 Å². The third-order valence-corrected chi connectivity index (χ3v) is 6.44. The van der Waals surface area contributed by atoms with Gasteiger partial charge in [-0.3, -0.25) is 14.0 Å². The molecule has 1 N–H and O–H groups in total. The molecule has 32 heavy (non-hydrogen) atoms. The van der Waals surface area contributed by atoms with Gasteiger partial charge in [0, 0.05) is 22.8 Å². The van der Waals surface area contributed by atoms with Crippen molar-refractivity contribution in [1.82, 2.24) is 24.5 Å². The second kappa shape index (κ2) is 7.90. The van der Waals surface area contributed by atoms with Crippen molar-refractivity contribution in [3.63, 3.8) is 0 Å². The fourth-order valence-electron chi connectivity index (χ4n) is 3.84. The number of rotatable bonds is 6. The van der Waals surface area contributed by atoms with Gasteiger partial charge in [-0.05, 0) is 44.9 Å². The molecule has 0 atom stereocenters. The summed E-state index contributed by atoms with van der Waals surface area (Å²) in [6.07, 6.45) is 2.19. The van der Waals surface area contributed by atoms with Gasteiger partial charge in [-0.1, -0.05) is 12.1 Å². The predicted molar refractivity (Wildman–Crippen MR) is 123 cm³/mol. The molecule has 8 nitrogen and oxygen atoms in total. The fraction of sp³-hybridized carbons (Fsp3) is 0.304. The molecule has 164 valence electrons. The number of aromatic nitrogens is 4. The fourth-order valence-corrected chi connectivity index (χ4v) is 4.77. The van der Waals surface area contributed by atoms with Gasteiger partial charge in [-0.15, -0.1) is 11.3 Å². The zero-order chi connectivity index (χ0) is 22.4. The lowest BCUT2D eigenvalue weighted by atomic mass is 10.1. The SMILES string of the molecule is COc1ccccc1-n1nc(-c2c(C)nc3scc(CC(=O)NC4CC4)n3c2=O)cc1C. The predicted octanol–water partition coefficient (Wildman–Crippen LogP) is 3.06. The average Bonchev–Trinajstić information content (AvgIpc) is 3.37. The minimum Gasteiger partial charge on any atom is -0.494 e. The molecule has 1 aromatic carbocycles. The van der Waals surface area contributed by atoms with Crippen molar-refractivity contribution in [2.24, 2.45) is 0 Å². The Morgan fingerprint density at radius 1 is 1.28 bits per heavy atom. The van der Waals surface area contributed by atoms with Gasteiger partial charge in [0.05, 0.1) is 24.8 Å². The highest BCUT2D eigenvalue weighted by molar-refractivity contribution is 7.15. The number of aryl methyl sites for hydroxylation is 2. The van der Waals surface area contributed by atoms with E-state index in [1.165, 1.54) is 15.7 Å². The number of nitrogens with zero attached hydrogens (tertiary/aromatic N) is 4. The Kier molecular flexibility index (Phi) is 5.05. The average molecular weight is 450 g/mol. The van der Waals surface area contributed by atoms with E-state index in [0.29, 0.717) is 33.4 Å². The van der Waals surface area contributed by atoms with Crippen molar-refractivity contribution < 1.29 is 9.53 Å². The van der Waals surface area contributed by atoms with Gasteiger partial charge in [0.2, 0.25) is 5.91 Å². The van der Waals surface area contributed by atoms with E-state index in [9.17, 15) is 9.59 Å². The third-order valence-electron chi connectivity index (χ3n) is 5.56. The van der Waals surface area contributed by atoms with Crippen LogP contribution in [0.1, 0.15) is 29.9 Å². The number of carbonyl (C=O) groups excluding carboxylic acids is 1. The molecule has 0 aliphatic heterocycles. The van der Waals surface area contributed by atoms with Crippen LogP contribution >= 0.6 is 11.3 Å². The van der Waals surface area contributed by atoms with E-state index in [1.807, 2.05) is 49.6 Å². The molecule has 1 aliphatic rings. The molecule has 0 spiro atoms. The molecule has 3 heterocycles. The molecule has 1 fully saturated rings. The molecular weight excluding hydrogens is 426 g/mol. The number of thiazole rings is 1. The van der Waals surface area contributed by atoms with E-state index in [1.54, 1.807) is 11.8 Å². The second-order valence-corrected chi connectivity index (χ2v) is 8.83. The normalized spacial score (nSPS) is 13.5. The molecule has 1 amide bonds.